The number of aromatic nitrogens is 1. The first-order valence-corrected chi connectivity index (χ1v) is 6.37. The molecule has 0 amide bonds. The molecule has 0 aliphatic carbocycles. The molecule has 1 aromatic carbocycles. The molecule has 2 aromatic rings. The van der Waals surface area contributed by atoms with Crippen molar-refractivity contribution in [2.75, 3.05) is 0 Å². The summed E-state index contributed by atoms with van der Waals surface area (Å²) < 4.78 is 0. The Morgan fingerprint density at radius 1 is 1.28 bits per heavy atom. The molecule has 0 saturated heterocycles. The molecule has 0 fully saturated rings. The molecular formula is C15H17ClN2. The maximum Gasteiger partial charge on any atom is 0.0622 e. The van der Waals surface area contributed by atoms with Gasteiger partial charge in [0.25, 0.3) is 0 Å². The molecule has 0 saturated carbocycles. The summed E-state index contributed by atoms with van der Waals surface area (Å²) in [6, 6.07) is 8.24. The quantitative estimate of drug-likeness (QED) is 0.916. The molecule has 94 valence electrons. The topological polar surface area (TPSA) is 38.9 Å². The number of nitrogens with two attached hydrogens (primary N) is 1. The molecule has 18 heavy (non-hydrogen) atoms. The summed E-state index contributed by atoms with van der Waals surface area (Å²) in [5, 5.41) is 0.678. The van der Waals surface area contributed by atoms with E-state index in [2.05, 4.69) is 37.0 Å². The Morgan fingerprint density at radius 3 is 2.72 bits per heavy atom. The van der Waals surface area contributed by atoms with Crippen LogP contribution in [0.25, 0.3) is 0 Å². The van der Waals surface area contributed by atoms with E-state index in [9.17, 15) is 0 Å². The molecule has 3 heteroatoms. The SMILES string of the molecule is Cc1ccc(C(N)Cc2ccncc2Cl)c(C)c1. The van der Waals surface area contributed by atoms with Crippen LogP contribution in [0.5, 0.6) is 0 Å². The summed E-state index contributed by atoms with van der Waals surface area (Å²) in [6.07, 6.45) is 4.13. The summed E-state index contributed by atoms with van der Waals surface area (Å²) in [6.45, 7) is 4.18. The van der Waals surface area contributed by atoms with E-state index >= 15 is 0 Å². The van der Waals surface area contributed by atoms with Gasteiger partial charge >= 0.3 is 0 Å². The van der Waals surface area contributed by atoms with Crippen molar-refractivity contribution in [1.29, 1.82) is 0 Å². The van der Waals surface area contributed by atoms with E-state index in [1.165, 1.54) is 16.7 Å². The van der Waals surface area contributed by atoms with Gasteiger partial charge in [0.2, 0.25) is 0 Å². The first-order valence-electron chi connectivity index (χ1n) is 5.99. The Balaban J connectivity index is 2.22. The molecule has 0 bridgehead atoms. The van der Waals surface area contributed by atoms with Gasteiger partial charge in [0.1, 0.15) is 0 Å². The summed E-state index contributed by atoms with van der Waals surface area (Å²) in [7, 11) is 0. The van der Waals surface area contributed by atoms with Gasteiger partial charge in [-0.3, -0.25) is 4.98 Å². The average molecular weight is 261 g/mol. The minimum atomic E-state index is -0.0366. The van der Waals surface area contributed by atoms with E-state index in [1.807, 2.05) is 6.07 Å². The lowest BCUT2D eigenvalue weighted by atomic mass is 9.95. The van der Waals surface area contributed by atoms with Gasteiger partial charge in [-0.25, -0.2) is 0 Å². The van der Waals surface area contributed by atoms with Crippen LogP contribution in [0, 0.1) is 13.8 Å². The van der Waals surface area contributed by atoms with Gasteiger partial charge in [-0.05, 0) is 43.0 Å². The molecule has 0 aliphatic heterocycles. The highest BCUT2D eigenvalue weighted by Gasteiger charge is 2.11. The molecule has 1 atom stereocenters. The van der Waals surface area contributed by atoms with E-state index in [-0.39, 0.29) is 6.04 Å². The highest BCUT2D eigenvalue weighted by molar-refractivity contribution is 6.31. The van der Waals surface area contributed by atoms with Gasteiger partial charge in [-0.1, -0.05) is 35.4 Å². The fraction of sp³-hybridized carbons (Fsp3) is 0.267. The maximum atomic E-state index is 6.27. The Hall–Kier alpha value is -1.38. The summed E-state index contributed by atoms with van der Waals surface area (Å²) in [5.74, 6) is 0. The van der Waals surface area contributed by atoms with E-state index in [1.54, 1.807) is 12.4 Å². The Morgan fingerprint density at radius 2 is 2.06 bits per heavy atom. The van der Waals surface area contributed by atoms with Crippen molar-refractivity contribution in [3.05, 3.63) is 63.9 Å². The maximum absolute atomic E-state index is 6.27. The fourth-order valence-electron chi connectivity index (χ4n) is 2.16. The standard InChI is InChI=1S/C15H17ClN2/c1-10-3-4-13(11(2)7-10)15(17)8-12-5-6-18-9-14(12)16/h3-7,9,15H,8,17H2,1-2H3. The van der Waals surface area contributed by atoms with Crippen LogP contribution in [0.1, 0.15) is 28.3 Å². The van der Waals surface area contributed by atoms with Crippen molar-refractivity contribution < 1.29 is 0 Å². The monoisotopic (exact) mass is 260 g/mol. The number of pyridine rings is 1. The normalized spacial score (nSPS) is 12.4. The van der Waals surface area contributed by atoms with Crippen LogP contribution in [0.15, 0.2) is 36.7 Å². The van der Waals surface area contributed by atoms with Gasteiger partial charge in [0, 0.05) is 18.4 Å². The highest BCUT2D eigenvalue weighted by atomic mass is 35.5. The summed E-state index contributed by atoms with van der Waals surface area (Å²) >= 11 is 6.10. The van der Waals surface area contributed by atoms with Crippen LogP contribution in [0.4, 0.5) is 0 Å². The molecular weight excluding hydrogens is 244 g/mol. The molecule has 0 radical (unpaired) electrons. The zero-order valence-electron chi connectivity index (χ0n) is 10.7. The lowest BCUT2D eigenvalue weighted by Gasteiger charge is -2.16. The van der Waals surface area contributed by atoms with Crippen molar-refractivity contribution in [3.63, 3.8) is 0 Å². The number of nitrogens with zero attached hydrogens (tertiary/aromatic N) is 1. The van der Waals surface area contributed by atoms with E-state index in [4.69, 9.17) is 17.3 Å². The van der Waals surface area contributed by atoms with Crippen molar-refractivity contribution in [2.24, 2.45) is 5.73 Å². The second-order valence-corrected chi connectivity index (χ2v) is 5.04. The highest BCUT2D eigenvalue weighted by Crippen LogP contribution is 2.23. The molecule has 2 nitrogen and oxygen atoms in total. The van der Waals surface area contributed by atoms with Crippen LogP contribution in [-0.2, 0) is 6.42 Å². The first kappa shape index (κ1) is 13.1. The second-order valence-electron chi connectivity index (χ2n) is 4.64. The third kappa shape index (κ3) is 2.89. The average Bonchev–Trinajstić information content (AvgIpc) is 2.32. The number of halogens is 1. The van der Waals surface area contributed by atoms with Gasteiger partial charge in [0.15, 0.2) is 0 Å². The fourth-order valence-corrected chi connectivity index (χ4v) is 2.35. The van der Waals surface area contributed by atoms with Crippen molar-refractivity contribution in [1.82, 2.24) is 4.98 Å². The van der Waals surface area contributed by atoms with Gasteiger partial charge < -0.3 is 5.73 Å². The van der Waals surface area contributed by atoms with Crippen LogP contribution in [-0.4, -0.2) is 4.98 Å². The largest absolute Gasteiger partial charge is 0.324 e. The summed E-state index contributed by atoms with van der Waals surface area (Å²) in [4.78, 5) is 3.98. The molecule has 2 N–H and O–H groups in total. The number of rotatable bonds is 3. The van der Waals surface area contributed by atoms with Crippen molar-refractivity contribution in [3.8, 4) is 0 Å². The van der Waals surface area contributed by atoms with Gasteiger partial charge in [-0.2, -0.15) is 0 Å². The van der Waals surface area contributed by atoms with Crippen molar-refractivity contribution >= 4 is 11.6 Å². The lowest BCUT2D eigenvalue weighted by molar-refractivity contribution is 0.715. The molecule has 2 rings (SSSR count). The van der Waals surface area contributed by atoms with E-state index in [0.717, 1.165) is 12.0 Å². The molecule has 0 spiro atoms. The Bertz CT molecular complexity index is 552. The van der Waals surface area contributed by atoms with Crippen molar-refractivity contribution in [2.45, 2.75) is 26.3 Å². The number of aryl methyl sites for hydroxylation is 2. The predicted molar refractivity (Wildman–Crippen MR) is 75.8 cm³/mol. The third-order valence-corrected chi connectivity index (χ3v) is 3.46. The predicted octanol–water partition coefficient (Wildman–Crippen LogP) is 3.59. The number of benzene rings is 1. The third-order valence-electron chi connectivity index (χ3n) is 3.12. The molecule has 1 unspecified atom stereocenters. The lowest BCUT2D eigenvalue weighted by Crippen LogP contribution is -2.15. The molecule has 0 aliphatic rings. The van der Waals surface area contributed by atoms with E-state index < -0.39 is 0 Å². The van der Waals surface area contributed by atoms with Gasteiger partial charge in [-0.15, -0.1) is 0 Å². The zero-order chi connectivity index (χ0) is 13.1. The van der Waals surface area contributed by atoms with Crippen LogP contribution in [0.3, 0.4) is 0 Å². The molecule has 1 heterocycles. The second kappa shape index (κ2) is 5.51. The zero-order valence-corrected chi connectivity index (χ0v) is 11.4. The van der Waals surface area contributed by atoms with Crippen LogP contribution < -0.4 is 5.73 Å². The smallest absolute Gasteiger partial charge is 0.0622 e. The number of hydrogen-bond acceptors (Lipinski definition) is 2. The molecule has 1 aromatic heterocycles. The minimum absolute atomic E-state index is 0.0366. The van der Waals surface area contributed by atoms with Gasteiger partial charge in [0.05, 0.1) is 5.02 Å². The Kier molecular flexibility index (Phi) is 4.00. The van der Waals surface area contributed by atoms with E-state index in [0.29, 0.717) is 5.02 Å². The first-order chi connectivity index (χ1) is 8.58. The minimum Gasteiger partial charge on any atom is -0.324 e. The van der Waals surface area contributed by atoms with Crippen LogP contribution in [0.2, 0.25) is 5.02 Å². The Labute approximate surface area is 113 Å². The van der Waals surface area contributed by atoms with Crippen LogP contribution >= 0.6 is 11.6 Å². The number of hydrogen-bond donors (Lipinski definition) is 1. The summed E-state index contributed by atoms with van der Waals surface area (Å²) in [5.41, 5.74) is 11.0.